The van der Waals surface area contributed by atoms with Gasteiger partial charge in [-0.3, -0.25) is 4.79 Å². The summed E-state index contributed by atoms with van der Waals surface area (Å²) in [6.07, 6.45) is -9.44. The second-order valence-electron chi connectivity index (χ2n) is 9.69. The van der Waals surface area contributed by atoms with Crippen molar-refractivity contribution in [1.82, 2.24) is 0 Å². The molecular formula is C28H24O16. The van der Waals surface area contributed by atoms with Crippen LogP contribution in [0.2, 0.25) is 0 Å². The molecule has 3 aromatic carbocycles. The van der Waals surface area contributed by atoms with Crippen molar-refractivity contribution in [1.29, 1.82) is 0 Å². The number of aromatic hydroxyl groups is 7. The largest absolute Gasteiger partial charge is 0.508 e. The van der Waals surface area contributed by atoms with Crippen LogP contribution in [0.15, 0.2) is 51.7 Å². The molecule has 0 amide bonds. The van der Waals surface area contributed by atoms with Crippen molar-refractivity contribution in [2.75, 3.05) is 6.61 Å². The van der Waals surface area contributed by atoms with Gasteiger partial charge in [-0.05, 0) is 30.3 Å². The Morgan fingerprint density at radius 3 is 2.14 bits per heavy atom. The van der Waals surface area contributed by atoms with Crippen molar-refractivity contribution in [3.8, 4) is 57.3 Å². The van der Waals surface area contributed by atoms with Crippen LogP contribution in [0.3, 0.4) is 0 Å². The maximum atomic E-state index is 13.7. The molecule has 0 unspecified atom stereocenters. The zero-order chi connectivity index (χ0) is 32.0. The van der Waals surface area contributed by atoms with Crippen molar-refractivity contribution in [3.05, 3.63) is 58.3 Å². The molecule has 1 aliphatic rings. The number of carbonyl (C=O) groups excluding carboxylic acids is 1. The topological polar surface area (TPSA) is 277 Å². The molecule has 2 heterocycles. The van der Waals surface area contributed by atoms with Gasteiger partial charge in [0.15, 0.2) is 40.6 Å². The van der Waals surface area contributed by atoms with E-state index in [1.807, 2.05) is 0 Å². The monoisotopic (exact) mass is 616 g/mol. The van der Waals surface area contributed by atoms with Gasteiger partial charge in [-0.25, -0.2) is 4.79 Å². The van der Waals surface area contributed by atoms with Crippen molar-refractivity contribution in [3.63, 3.8) is 0 Å². The number of hydrogen-bond acceptors (Lipinski definition) is 16. The third-order valence-corrected chi connectivity index (χ3v) is 6.76. The molecule has 0 aliphatic carbocycles. The summed E-state index contributed by atoms with van der Waals surface area (Å²) in [6, 6.07) is 6.51. The van der Waals surface area contributed by atoms with Crippen LogP contribution in [0.5, 0.6) is 46.0 Å². The molecule has 5 rings (SSSR count). The van der Waals surface area contributed by atoms with Crippen LogP contribution in [0.25, 0.3) is 22.3 Å². The average molecular weight is 616 g/mol. The maximum Gasteiger partial charge on any atom is 0.339 e. The summed E-state index contributed by atoms with van der Waals surface area (Å²) in [6.45, 7) is -0.885. The molecule has 232 valence electrons. The lowest BCUT2D eigenvalue weighted by atomic mass is 9.99. The number of aliphatic hydroxyl groups is 3. The number of carbonyl (C=O) groups is 1. The number of rotatable bonds is 6. The minimum absolute atomic E-state index is 0.0872. The van der Waals surface area contributed by atoms with E-state index >= 15 is 0 Å². The minimum Gasteiger partial charge on any atom is -0.508 e. The lowest BCUT2D eigenvalue weighted by Crippen LogP contribution is -2.61. The molecule has 0 radical (unpaired) electrons. The number of benzene rings is 3. The first-order chi connectivity index (χ1) is 20.8. The quantitative estimate of drug-likeness (QED) is 0.104. The Labute approximate surface area is 244 Å². The second kappa shape index (κ2) is 11.3. The van der Waals surface area contributed by atoms with Crippen LogP contribution < -0.4 is 10.2 Å². The summed E-state index contributed by atoms with van der Waals surface area (Å²) >= 11 is 0. The number of aliphatic hydroxyl groups excluding tert-OH is 3. The van der Waals surface area contributed by atoms with Crippen LogP contribution >= 0.6 is 0 Å². The Kier molecular flexibility index (Phi) is 7.75. The molecule has 1 aromatic heterocycles. The van der Waals surface area contributed by atoms with Crippen molar-refractivity contribution < 1.29 is 74.5 Å². The van der Waals surface area contributed by atoms with Crippen LogP contribution in [-0.4, -0.2) is 94.3 Å². The number of hydrogen-bond donors (Lipinski definition) is 10. The molecule has 44 heavy (non-hydrogen) atoms. The third kappa shape index (κ3) is 5.29. The molecular weight excluding hydrogens is 592 g/mol. The fourth-order valence-electron chi connectivity index (χ4n) is 4.54. The third-order valence-electron chi connectivity index (χ3n) is 6.76. The van der Waals surface area contributed by atoms with E-state index in [9.17, 15) is 60.7 Å². The second-order valence-corrected chi connectivity index (χ2v) is 9.69. The van der Waals surface area contributed by atoms with Crippen LogP contribution in [0.1, 0.15) is 10.4 Å². The minimum atomic E-state index is -2.03. The summed E-state index contributed by atoms with van der Waals surface area (Å²) in [4.78, 5) is 26.6. The fourth-order valence-corrected chi connectivity index (χ4v) is 4.54. The lowest BCUT2D eigenvalue weighted by molar-refractivity contribution is -0.276. The Morgan fingerprint density at radius 1 is 0.818 bits per heavy atom. The smallest absolute Gasteiger partial charge is 0.339 e. The number of phenolic OH excluding ortho intramolecular Hbond substituents is 7. The van der Waals surface area contributed by atoms with Gasteiger partial charge < -0.3 is 69.7 Å². The van der Waals surface area contributed by atoms with E-state index in [2.05, 4.69) is 0 Å². The van der Waals surface area contributed by atoms with Gasteiger partial charge >= 0.3 is 5.97 Å². The van der Waals surface area contributed by atoms with Crippen LogP contribution in [0.4, 0.5) is 0 Å². The van der Waals surface area contributed by atoms with Gasteiger partial charge in [0.1, 0.15) is 40.8 Å². The summed E-state index contributed by atoms with van der Waals surface area (Å²) in [5, 5.41) is 99.8. The number of ether oxygens (including phenoxy) is 3. The molecule has 5 atom stereocenters. The summed E-state index contributed by atoms with van der Waals surface area (Å²) < 4.78 is 22.3. The van der Waals surface area contributed by atoms with Gasteiger partial charge in [0, 0.05) is 17.7 Å². The summed E-state index contributed by atoms with van der Waals surface area (Å²) in [5.74, 6) is -7.70. The SMILES string of the molecule is O=C(O[C@@H]1[C@@H](Oc2c(-c3ccc(O)c(O)c3)oc3cc(O)cc(O)c3c2=O)O[C@@H](CO)[C@@H](O)[C@H]1O)c1cc(O)c(O)c(O)c1. The maximum absolute atomic E-state index is 13.7. The van der Waals surface area contributed by atoms with Gasteiger partial charge in [-0.1, -0.05) is 0 Å². The van der Waals surface area contributed by atoms with E-state index in [0.717, 1.165) is 36.4 Å². The van der Waals surface area contributed by atoms with E-state index in [1.54, 1.807) is 0 Å². The zero-order valence-electron chi connectivity index (χ0n) is 22.1. The number of fused-ring (bicyclic) bond motifs is 1. The molecule has 1 saturated heterocycles. The van der Waals surface area contributed by atoms with E-state index in [0.29, 0.717) is 0 Å². The molecule has 4 aromatic rings. The molecule has 1 aliphatic heterocycles. The Bertz CT molecular complexity index is 1790. The van der Waals surface area contributed by atoms with Gasteiger partial charge in [0.25, 0.3) is 0 Å². The van der Waals surface area contributed by atoms with E-state index in [1.165, 1.54) is 6.07 Å². The molecule has 1 fully saturated rings. The fraction of sp³-hybridized carbons (Fsp3) is 0.214. The highest BCUT2D eigenvalue weighted by molar-refractivity contribution is 5.91. The van der Waals surface area contributed by atoms with Crippen molar-refractivity contribution in [2.45, 2.75) is 30.7 Å². The zero-order valence-corrected chi connectivity index (χ0v) is 22.1. The van der Waals surface area contributed by atoms with Gasteiger partial charge in [0.2, 0.25) is 17.5 Å². The highest BCUT2D eigenvalue weighted by atomic mass is 16.7. The van der Waals surface area contributed by atoms with Gasteiger partial charge in [0.05, 0.1) is 12.2 Å². The molecule has 0 spiro atoms. The Balaban J connectivity index is 1.63. The van der Waals surface area contributed by atoms with E-state index in [4.69, 9.17) is 18.6 Å². The summed E-state index contributed by atoms with van der Waals surface area (Å²) in [7, 11) is 0. The highest BCUT2D eigenvalue weighted by Crippen LogP contribution is 2.40. The molecule has 0 bridgehead atoms. The molecule has 0 saturated carbocycles. The van der Waals surface area contributed by atoms with Gasteiger partial charge in [-0.15, -0.1) is 0 Å². The van der Waals surface area contributed by atoms with Gasteiger partial charge in [-0.2, -0.15) is 0 Å². The summed E-state index contributed by atoms with van der Waals surface area (Å²) in [5.41, 5.74) is -2.05. The average Bonchev–Trinajstić information content (AvgIpc) is 2.97. The van der Waals surface area contributed by atoms with Crippen molar-refractivity contribution in [2.24, 2.45) is 0 Å². The molecule has 16 nitrogen and oxygen atoms in total. The van der Waals surface area contributed by atoms with Crippen LogP contribution in [0, 0.1) is 0 Å². The predicted molar refractivity (Wildman–Crippen MR) is 144 cm³/mol. The first-order valence-electron chi connectivity index (χ1n) is 12.6. The van der Waals surface area contributed by atoms with E-state index < -0.39 is 111 Å². The molecule has 16 heteroatoms. The Hall–Kier alpha value is -5.42. The standard InChI is InChI=1S/C28H24O16/c29-8-18-21(37)23(39)26(43-27(40)10-4-15(34)20(36)16(35)5-10)28(42-18)44-25-22(38)19-14(33)6-11(30)7-17(19)41-24(25)9-1-2-12(31)13(32)3-9/h1-7,18,21,23,26,28-37,39H,8H2/t18-,21+,23+,26-,28+/m0/s1. The number of phenols is 7. The normalized spacial score (nSPS) is 21.7. The first kappa shape index (κ1) is 30.1. The molecule has 10 N–H and O–H groups in total. The van der Waals surface area contributed by atoms with Crippen LogP contribution in [-0.2, 0) is 9.47 Å². The Morgan fingerprint density at radius 2 is 1.50 bits per heavy atom. The number of esters is 1. The highest BCUT2D eigenvalue weighted by Gasteiger charge is 2.48. The first-order valence-corrected chi connectivity index (χ1v) is 12.6. The lowest BCUT2D eigenvalue weighted by Gasteiger charge is -2.41. The predicted octanol–water partition coefficient (Wildman–Crippen LogP) is 0.443. The van der Waals surface area contributed by atoms with Crippen molar-refractivity contribution >= 4 is 16.9 Å². The van der Waals surface area contributed by atoms with E-state index in [-0.39, 0.29) is 11.1 Å².